The zero-order valence-corrected chi connectivity index (χ0v) is 16.2. The molecule has 0 saturated heterocycles. The lowest BCUT2D eigenvalue weighted by Gasteiger charge is -2.16. The molecule has 0 aliphatic heterocycles. The van der Waals surface area contributed by atoms with Crippen molar-refractivity contribution in [3.05, 3.63) is 52.1 Å². The third-order valence-electron chi connectivity index (χ3n) is 3.68. The van der Waals surface area contributed by atoms with Crippen molar-refractivity contribution in [2.45, 2.75) is 33.3 Å². The van der Waals surface area contributed by atoms with Gasteiger partial charge in [0.2, 0.25) is 5.88 Å². The van der Waals surface area contributed by atoms with Crippen LogP contribution in [0.15, 0.2) is 45.9 Å². The summed E-state index contributed by atoms with van der Waals surface area (Å²) in [6.45, 7) is 6.99. The first-order chi connectivity index (χ1) is 11.5. The van der Waals surface area contributed by atoms with E-state index in [-0.39, 0.29) is 6.10 Å². The molecule has 0 radical (unpaired) electrons. The molecule has 1 unspecified atom stereocenters. The minimum Gasteiger partial charge on any atom is -0.473 e. The highest BCUT2D eigenvalue weighted by molar-refractivity contribution is 9.10. The number of aromatic nitrogens is 1. The second-order valence-electron chi connectivity index (χ2n) is 5.82. The van der Waals surface area contributed by atoms with Crippen molar-refractivity contribution in [3.63, 3.8) is 0 Å². The Labute approximate surface area is 152 Å². The predicted molar refractivity (Wildman–Crippen MR) is 103 cm³/mol. The minimum atomic E-state index is 0.0381. The van der Waals surface area contributed by atoms with Gasteiger partial charge in [0.15, 0.2) is 0 Å². The molecular weight excluding hydrogens is 366 g/mol. The number of hydrogen-bond donors (Lipinski definition) is 0. The van der Waals surface area contributed by atoms with E-state index < -0.39 is 0 Å². The Morgan fingerprint density at radius 2 is 2.04 bits per heavy atom. The smallest absolute Gasteiger partial charge is 0.228 e. The van der Waals surface area contributed by atoms with Gasteiger partial charge in [0.1, 0.15) is 6.10 Å². The number of benzene rings is 1. The Morgan fingerprint density at radius 3 is 2.71 bits per heavy atom. The van der Waals surface area contributed by atoms with Crippen molar-refractivity contribution in [1.82, 2.24) is 9.88 Å². The number of rotatable bonds is 7. The fourth-order valence-electron chi connectivity index (χ4n) is 2.18. The number of aliphatic imine (C=N–C) groups is 1. The van der Waals surface area contributed by atoms with Gasteiger partial charge in [-0.3, -0.25) is 0 Å². The van der Waals surface area contributed by atoms with E-state index in [2.05, 4.69) is 51.9 Å². The molecule has 1 aromatic heterocycles. The van der Waals surface area contributed by atoms with Crippen molar-refractivity contribution < 1.29 is 4.74 Å². The number of nitrogens with zero attached hydrogens (tertiary/aromatic N) is 3. The predicted octanol–water partition coefficient (Wildman–Crippen LogP) is 4.77. The zero-order valence-electron chi connectivity index (χ0n) is 14.7. The molecule has 4 nitrogen and oxygen atoms in total. The molecule has 0 bridgehead atoms. The van der Waals surface area contributed by atoms with Gasteiger partial charge in [0.25, 0.3) is 0 Å². The molecular formula is C19H24BrN3O. The van der Waals surface area contributed by atoms with E-state index in [1.807, 2.05) is 49.5 Å². The third kappa shape index (κ3) is 5.34. The average Bonchev–Trinajstić information content (AvgIpc) is 2.57. The number of aryl methyl sites for hydroxylation is 1. The molecule has 24 heavy (non-hydrogen) atoms. The summed E-state index contributed by atoms with van der Waals surface area (Å²) in [5.41, 5.74) is 2.94. The molecule has 2 rings (SSSR count). The average molecular weight is 390 g/mol. The monoisotopic (exact) mass is 389 g/mol. The first-order valence-corrected chi connectivity index (χ1v) is 8.91. The summed E-state index contributed by atoms with van der Waals surface area (Å²) >= 11 is 3.54. The fraction of sp³-hybridized carbons (Fsp3) is 0.368. The van der Waals surface area contributed by atoms with E-state index in [0.29, 0.717) is 5.88 Å². The molecule has 1 heterocycles. The van der Waals surface area contributed by atoms with Gasteiger partial charge in [-0.2, -0.15) is 0 Å². The van der Waals surface area contributed by atoms with E-state index in [1.54, 1.807) is 0 Å². The third-order valence-corrected chi connectivity index (χ3v) is 4.25. The summed E-state index contributed by atoms with van der Waals surface area (Å²) in [5, 5.41) is 0. The van der Waals surface area contributed by atoms with Gasteiger partial charge in [0.05, 0.1) is 22.2 Å². The van der Waals surface area contributed by atoms with Gasteiger partial charge in [-0.05, 0) is 48.3 Å². The molecule has 1 aromatic carbocycles. The number of pyridine rings is 1. The van der Waals surface area contributed by atoms with Gasteiger partial charge >= 0.3 is 0 Å². The van der Waals surface area contributed by atoms with Crippen LogP contribution < -0.4 is 4.74 Å². The molecule has 0 spiro atoms. The van der Waals surface area contributed by atoms with Crippen molar-refractivity contribution in [3.8, 4) is 5.88 Å². The molecule has 0 amide bonds. The van der Waals surface area contributed by atoms with Crippen LogP contribution >= 0.6 is 15.9 Å². The summed E-state index contributed by atoms with van der Waals surface area (Å²) in [4.78, 5) is 11.0. The lowest BCUT2D eigenvalue weighted by Crippen LogP contribution is -2.16. The van der Waals surface area contributed by atoms with Crippen LogP contribution in [0.5, 0.6) is 5.88 Å². The van der Waals surface area contributed by atoms with Crippen LogP contribution in [0.4, 0.5) is 5.69 Å². The van der Waals surface area contributed by atoms with Crippen LogP contribution in [-0.4, -0.2) is 35.9 Å². The highest BCUT2D eigenvalue weighted by Crippen LogP contribution is 2.30. The topological polar surface area (TPSA) is 37.7 Å². The first-order valence-electron chi connectivity index (χ1n) is 8.11. The van der Waals surface area contributed by atoms with Crippen molar-refractivity contribution in [1.29, 1.82) is 0 Å². The van der Waals surface area contributed by atoms with E-state index >= 15 is 0 Å². The molecule has 2 aromatic rings. The van der Waals surface area contributed by atoms with Crippen LogP contribution in [0, 0.1) is 6.92 Å². The first kappa shape index (κ1) is 18.5. The second kappa shape index (κ2) is 8.83. The maximum absolute atomic E-state index is 6.01. The van der Waals surface area contributed by atoms with Crippen LogP contribution in [0.1, 0.15) is 25.1 Å². The van der Waals surface area contributed by atoms with E-state index in [4.69, 9.17) is 4.74 Å². The molecule has 0 saturated carbocycles. The maximum atomic E-state index is 6.01. The van der Waals surface area contributed by atoms with Crippen LogP contribution in [-0.2, 0) is 6.42 Å². The van der Waals surface area contributed by atoms with Gasteiger partial charge in [-0.1, -0.05) is 30.3 Å². The van der Waals surface area contributed by atoms with Gasteiger partial charge in [-0.25, -0.2) is 9.98 Å². The van der Waals surface area contributed by atoms with Crippen LogP contribution in [0.2, 0.25) is 0 Å². The lowest BCUT2D eigenvalue weighted by atomic mass is 10.1. The Hall–Kier alpha value is -1.88. The van der Waals surface area contributed by atoms with E-state index in [9.17, 15) is 0 Å². The number of ether oxygens (including phenoxy) is 1. The van der Waals surface area contributed by atoms with E-state index in [0.717, 1.165) is 28.8 Å². The molecule has 5 heteroatoms. The summed E-state index contributed by atoms with van der Waals surface area (Å²) in [6.07, 6.45) is 2.70. The normalized spacial score (nSPS) is 12.4. The summed E-state index contributed by atoms with van der Waals surface area (Å²) in [5.74, 6) is 0.610. The quantitative estimate of drug-likeness (QED) is 0.505. The van der Waals surface area contributed by atoms with Crippen LogP contribution in [0.3, 0.4) is 0 Å². The van der Waals surface area contributed by atoms with Gasteiger partial charge < -0.3 is 9.64 Å². The second-order valence-corrected chi connectivity index (χ2v) is 6.67. The summed E-state index contributed by atoms with van der Waals surface area (Å²) < 4.78 is 6.83. The largest absolute Gasteiger partial charge is 0.473 e. The number of hydrogen-bond acceptors (Lipinski definition) is 3. The Kier molecular flexibility index (Phi) is 6.79. The standard InChI is InChI=1S/C19H24BrN3O/c1-5-23(4)13-21-18-12-17(20)19(22-15(18)3)24-14(2)11-16-9-7-6-8-10-16/h6-10,12-14H,5,11H2,1-4H3. The SMILES string of the molecule is CCN(C)C=Nc1cc(Br)c(OC(C)Cc2ccccc2)nc1C. The van der Waals surface area contributed by atoms with Gasteiger partial charge in [0, 0.05) is 20.0 Å². The molecule has 0 aliphatic rings. The highest BCUT2D eigenvalue weighted by Gasteiger charge is 2.12. The summed E-state index contributed by atoms with van der Waals surface area (Å²) in [6, 6.07) is 12.3. The highest BCUT2D eigenvalue weighted by atomic mass is 79.9. The zero-order chi connectivity index (χ0) is 17.5. The summed E-state index contributed by atoms with van der Waals surface area (Å²) in [7, 11) is 1.99. The minimum absolute atomic E-state index is 0.0381. The maximum Gasteiger partial charge on any atom is 0.228 e. The van der Waals surface area contributed by atoms with Gasteiger partial charge in [-0.15, -0.1) is 0 Å². The molecule has 128 valence electrons. The van der Waals surface area contributed by atoms with Crippen molar-refractivity contribution in [2.75, 3.05) is 13.6 Å². The number of halogens is 1. The Balaban J connectivity index is 2.08. The Bertz CT molecular complexity index is 689. The van der Waals surface area contributed by atoms with Crippen LogP contribution in [0.25, 0.3) is 0 Å². The van der Waals surface area contributed by atoms with Crippen molar-refractivity contribution >= 4 is 28.0 Å². The fourth-order valence-corrected chi connectivity index (χ4v) is 2.58. The Morgan fingerprint density at radius 1 is 1.33 bits per heavy atom. The molecule has 0 N–H and O–H groups in total. The molecule has 1 atom stereocenters. The molecule has 0 fully saturated rings. The lowest BCUT2D eigenvalue weighted by molar-refractivity contribution is 0.211. The van der Waals surface area contributed by atoms with Crippen molar-refractivity contribution in [2.24, 2.45) is 4.99 Å². The van der Waals surface area contributed by atoms with E-state index in [1.165, 1.54) is 5.56 Å². The molecule has 0 aliphatic carbocycles.